The van der Waals surface area contributed by atoms with Gasteiger partial charge in [0.1, 0.15) is 5.54 Å². The van der Waals surface area contributed by atoms with Crippen LogP contribution < -0.4 is 5.32 Å². The molecule has 2 aromatic rings. The molecule has 0 bridgehead atoms. The lowest BCUT2D eigenvalue weighted by molar-refractivity contribution is -0.131. The number of hydrogen-bond acceptors (Lipinski definition) is 3. The number of Topliss-reactive ketones (excluding diaryl/α,β-unsaturated/α-hetero) is 1. The van der Waals surface area contributed by atoms with Crippen LogP contribution in [0.1, 0.15) is 29.4 Å². The maximum atomic E-state index is 12.9. The maximum absolute atomic E-state index is 12.9. The van der Waals surface area contributed by atoms with Gasteiger partial charge in [-0.2, -0.15) is 0 Å². The average molecular weight is 325 g/mol. The number of amides is 3. The van der Waals surface area contributed by atoms with Crippen molar-refractivity contribution >= 4 is 17.7 Å². The molecule has 1 atom stereocenters. The minimum absolute atomic E-state index is 0.267. The first-order valence-corrected chi connectivity index (χ1v) is 7.84. The van der Waals surface area contributed by atoms with Gasteiger partial charge in [0.2, 0.25) is 0 Å². The molecular formula is C18H19N3O3. The molecule has 1 aromatic carbocycles. The Morgan fingerprint density at radius 3 is 2.42 bits per heavy atom. The standard InChI is InChI=1S/C18H19N3O3/c1-3-18(13-8-5-4-6-9-13)16(23)21(17(24)19-18)12-15(22)14-10-7-11-20(14)2/h4-11H,3,12H2,1-2H3,(H,19,24)/t18-/m0/s1. The van der Waals surface area contributed by atoms with E-state index in [-0.39, 0.29) is 18.2 Å². The lowest BCUT2D eigenvalue weighted by Crippen LogP contribution is -2.43. The zero-order valence-corrected chi connectivity index (χ0v) is 13.7. The lowest BCUT2D eigenvalue weighted by Gasteiger charge is -2.25. The van der Waals surface area contributed by atoms with Crippen molar-refractivity contribution in [3.05, 3.63) is 59.9 Å². The predicted octanol–water partition coefficient (Wildman–Crippen LogP) is 2.07. The number of hydrogen-bond donors (Lipinski definition) is 1. The third kappa shape index (κ3) is 2.40. The van der Waals surface area contributed by atoms with Crippen LogP contribution in [-0.2, 0) is 17.4 Å². The van der Waals surface area contributed by atoms with E-state index in [9.17, 15) is 14.4 Å². The van der Waals surface area contributed by atoms with Gasteiger partial charge in [-0.15, -0.1) is 0 Å². The van der Waals surface area contributed by atoms with E-state index in [1.54, 1.807) is 29.9 Å². The first-order valence-electron chi connectivity index (χ1n) is 7.84. The Hall–Kier alpha value is -2.89. The maximum Gasteiger partial charge on any atom is 0.325 e. The van der Waals surface area contributed by atoms with E-state index >= 15 is 0 Å². The van der Waals surface area contributed by atoms with Gasteiger partial charge in [-0.25, -0.2) is 4.79 Å². The van der Waals surface area contributed by atoms with Crippen molar-refractivity contribution in [3.8, 4) is 0 Å². The Balaban J connectivity index is 1.89. The average Bonchev–Trinajstić information content (AvgIpc) is 3.12. The molecule has 3 amide bonds. The summed E-state index contributed by atoms with van der Waals surface area (Å²) in [6.07, 6.45) is 2.16. The SMILES string of the molecule is CC[C@@]1(c2ccccc2)NC(=O)N(CC(=O)c2cccn2C)C1=O. The monoisotopic (exact) mass is 325 g/mol. The van der Waals surface area contributed by atoms with E-state index in [4.69, 9.17) is 0 Å². The summed E-state index contributed by atoms with van der Waals surface area (Å²) >= 11 is 0. The zero-order chi connectivity index (χ0) is 17.3. The molecule has 124 valence electrons. The first kappa shape index (κ1) is 16.0. The molecule has 6 nitrogen and oxygen atoms in total. The highest BCUT2D eigenvalue weighted by Crippen LogP contribution is 2.32. The number of nitrogens with zero attached hydrogens (tertiary/aromatic N) is 2. The molecule has 0 aliphatic carbocycles. The highest BCUT2D eigenvalue weighted by molar-refractivity contribution is 6.11. The number of nitrogens with one attached hydrogen (secondary N) is 1. The van der Waals surface area contributed by atoms with Crippen molar-refractivity contribution in [1.29, 1.82) is 0 Å². The smallest absolute Gasteiger partial charge is 0.325 e. The second-order valence-corrected chi connectivity index (χ2v) is 5.87. The van der Waals surface area contributed by atoms with E-state index in [1.807, 2.05) is 37.3 Å². The van der Waals surface area contributed by atoms with Crippen LogP contribution in [0.2, 0.25) is 0 Å². The van der Waals surface area contributed by atoms with E-state index < -0.39 is 11.6 Å². The minimum atomic E-state index is -1.10. The van der Waals surface area contributed by atoms with Crippen molar-refractivity contribution in [2.75, 3.05) is 6.54 Å². The second-order valence-electron chi connectivity index (χ2n) is 5.87. The molecule has 1 fully saturated rings. The summed E-state index contributed by atoms with van der Waals surface area (Å²) in [5.74, 6) is -0.658. The zero-order valence-electron chi connectivity index (χ0n) is 13.7. The van der Waals surface area contributed by atoms with Gasteiger partial charge >= 0.3 is 6.03 Å². The normalized spacial score (nSPS) is 20.3. The number of carbonyl (C=O) groups excluding carboxylic acids is 3. The summed E-state index contributed by atoms with van der Waals surface area (Å²) in [6.45, 7) is 1.57. The number of carbonyl (C=O) groups is 3. The van der Waals surface area contributed by atoms with Crippen LogP contribution in [0.25, 0.3) is 0 Å². The molecule has 0 radical (unpaired) electrons. The van der Waals surface area contributed by atoms with Crippen molar-refractivity contribution in [1.82, 2.24) is 14.8 Å². The van der Waals surface area contributed by atoms with Gasteiger partial charge < -0.3 is 9.88 Å². The van der Waals surface area contributed by atoms with E-state index in [2.05, 4.69) is 5.32 Å². The molecule has 6 heteroatoms. The predicted molar refractivity (Wildman–Crippen MR) is 88.4 cm³/mol. The molecule has 1 aliphatic rings. The van der Waals surface area contributed by atoms with Crippen LogP contribution in [0.15, 0.2) is 48.7 Å². The number of benzene rings is 1. The van der Waals surface area contributed by atoms with E-state index in [0.29, 0.717) is 12.1 Å². The van der Waals surface area contributed by atoms with Crippen molar-refractivity contribution in [2.45, 2.75) is 18.9 Å². The summed E-state index contributed by atoms with van der Waals surface area (Å²) in [7, 11) is 1.75. The summed E-state index contributed by atoms with van der Waals surface area (Å²) in [5.41, 5.74) is 0.0799. The van der Waals surface area contributed by atoms with Crippen molar-refractivity contribution in [2.24, 2.45) is 7.05 Å². The van der Waals surface area contributed by atoms with Gasteiger partial charge in [0.25, 0.3) is 5.91 Å². The van der Waals surface area contributed by atoms with Gasteiger partial charge in [0.05, 0.1) is 12.2 Å². The Labute approximate surface area is 140 Å². The highest BCUT2D eigenvalue weighted by atomic mass is 16.2. The third-order valence-electron chi connectivity index (χ3n) is 4.50. The van der Waals surface area contributed by atoms with Crippen LogP contribution >= 0.6 is 0 Å². The topological polar surface area (TPSA) is 71.4 Å². The Morgan fingerprint density at radius 2 is 1.83 bits per heavy atom. The minimum Gasteiger partial charge on any atom is -0.348 e. The number of ketones is 1. The van der Waals surface area contributed by atoms with Crippen LogP contribution in [0.4, 0.5) is 4.79 Å². The van der Waals surface area contributed by atoms with Gasteiger partial charge in [-0.05, 0) is 24.1 Å². The first-order chi connectivity index (χ1) is 11.5. The van der Waals surface area contributed by atoms with Crippen molar-refractivity contribution < 1.29 is 14.4 Å². The lowest BCUT2D eigenvalue weighted by atomic mass is 9.87. The third-order valence-corrected chi connectivity index (χ3v) is 4.50. The van der Waals surface area contributed by atoms with Gasteiger partial charge in [-0.1, -0.05) is 37.3 Å². The molecular weight excluding hydrogens is 306 g/mol. The van der Waals surface area contributed by atoms with Gasteiger partial charge in [0, 0.05) is 13.2 Å². The second kappa shape index (κ2) is 5.96. The molecule has 24 heavy (non-hydrogen) atoms. The largest absolute Gasteiger partial charge is 0.348 e. The molecule has 0 unspecified atom stereocenters. The molecule has 1 N–H and O–H groups in total. The summed E-state index contributed by atoms with van der Waals surface area (Å²) in [6, 6.07) is 12.0. The van der Waals surface area contributed by atoms with Crippen LogP contribution in [0.3, 0.4) is 0 Å². The fourth-order valence-corrected chi connectivity index (χ4v) is 3.11. The Morgan fingerprint density at radius 1 is 1.12 bits per heavy atom. The Bertz CT molecular complexity index is 797. The van der Waals surface area contributed by atoms with Crippen LogP contribution in [-0.4, -0.2) is 33.7 Å². The highest BCUT2D eigenvalue weighted by Gasteiger charge is 2.51. The van der Waals surface area contributed by atoms with Crippen LogP contribution in [0.5, 0.6) is 0 Å². The molecule has 2 heterocycles. The Kier molecular flexibility index (Phi) is 3.97. The van der Waals surface area contributed by atoms with Gasteiger partial charge in [-0.3, -0.25) is 14.5 Å². The molecule has 1 saturated heterocycles. The van der Waals surface area contributed by atoms with Crippen LogP contribution in [0, 0.1) is 0 Å². The number of aromatic nitrogens is 1. The quantitative estimate of drug-likeness (QED) is 0.676. The molecule has 0 saturated carbocycles. The van der Waals surface area contributed by atoms with E-state index in [1.165, 1.54) is 0 Å². The number of urea groups is 1. The molecule has 1 aliphatic heterocycles. The number of imide groups is 1. The molecule has 3 rings (SSSR count). The summed E-state index contributed by atoms with van der Waals surface area (Å²) in [5, 5.41) is 2.78. The number of rotatable bonds is 5. The fourth-order valence-electron chi connectivity index (χ4n) is 3.11. The summed E-state index contributed by atoms with van der Waals surface area (Å²) in [4.78, 5) is 38.7. The molecule has 0 spiro atoms. The fraction of sp³-hybridized carbons (Fsp3) is 0.278. The molecule has 1 aromatic heterocycles. The summed E-state index contributed by atoms with van der Waals surface area (Å²) < 4.78 is 1.67. The van der Waals surface area contributed by atoms with E-state index in [0.717, 1.165) is 10.5 Å². The van der Waals surface area contributed by atoms with Gasteiger partial charge in [0.15, 0.2) is 5.78 Å². The number of aryl methyl sites for hydroxylation is 1. The van der Waals surface area contributed by atoms with Crippen molar-refractivity contribution in [3.63, 3.8) is 0 Å².